The van der Waals surface area contributed by atoms with Crippen LogP contribution < -0.4 is 15.4 Å². The average Bonchev–Trinajstić information content (AvgIpc) is 2.57. The maximum Gasteiger partial charge on any atom is 0.257 e. The number of hydrogen-bond donors (Lipinski definition) is 0. The highest BCUT2D eigenvalue weighted by molar-refractivity contribution is 5.47. The molecule has 1 aromatic rings. The molecule has 0 spiro atoms. The molecule has 1 aromatic heterocycles. The standard InChI is InChI=1S/C18H30N4O3/c1-14(2)25-12-9-22-17-19-15(20-7-10-24-11-8-20)13-16(23)21(17)6-5-18(22,3)4/h13-14H,5-12H2,1-4H3. The highest BCUT2D eigenvalue weighted by Gasteiger charge is 2.35. The molecule has 1 fully saturated rings. The van der Waals surface area contributed by atoms with Gasteiger partial charge in [0.15, 0.2) is 0 Å². The van der Waals surface area contributed by atoms with E-state index in [-0.39, 0.29) is 17.2 Å². The van der Waals surface area contributed by atoms with Crippen molar-refractivity contribution in [2.24, 2.45) is 0 Å². The Morgan fingerprint density at radius 3 is 2.68 bits per heavy atom. The van der Waals surface area contributed by atoms with E-state index in [0.717, 1.165) is 37.8 Å². The Labute approximate surface area is 149 Å². The third kappa shape index (κ3) is 3.98. The minimum atomic E-state index is -0.0522. The first-order valence-corrected chi connectivity index (χ1v) is 9.22. The second-order valence-corrected chi connectivity index (χ2v) is 7.64. The second-order valence-electron chi connectivity index (χ2n) is 7.64. The minimum absolute atomic E-state index is 0.0248. The summed E-state index contributed by atoms with van der Waals surface area (Å²) in [5.41, 5.74) is -0.0274. The Hall–Kier alpha value is -1.60. The topological polar surface area (TPSA) is 59.8 Å². The summed E-state index contributed by atoms with van der Waals surface area (Å²) in [5.74, 6) is 1.52. The fraction of sp³-hybridized carbons (Fsp3) is 0.778. The predicted molar refractivity (Wildman–Crippen MR) is 98.7 cm³/mol. The largest absolute Gasteiger partial charge is 0.378 e. The second kappa shape index (κ2) is 7.33. The van der Waals surface area contributed by atoms with Crippen LogP contribution in [0, 0.1) is 0 Å². The number of morpholine rings is 1. The molecule has 0 bridgehead atoms. The van der Waals surface area contributed by atoms with Gasteiger partial charge in [-0.2, -0.15) is 4.98 Å². The van der Waals surface area contributed by atoms with E-state index < -0.39 is 0 Å². The van der Waals surface area contributed by atoms with Crippen molar-refractivity contribution in [2.75, 3.05) is 49.3 Å². The number of hydrogen-bond acceptors (Lipinski definition) is 6. The van der Waals surface area contributed by atoms with Gasteiger partial charge in [-0.05, 0) is 34.1 Å². The monoisotopic (exact) mass is 350 g/mol. The molecule has 7 heteroatoms. The summed E-state index contributed by atoms with van der Waals surface area (Å²) in [4.78, 5) is 21.9. The van der Waals surface area contributed by atoms with Crippen LogP contribution in [0.15, 0.2) is 10.9 Å². The SMILES string of the molecule is CC(C)OCCN1c2nc(N3CCOCC3)cc(=O)n2CCC1(C)C. The Balaban J connectivity index is 1.91. The molecule has 25 heavy (non-hydrogen) atoms. The third-order valence-corrected chi connectivity index (χ3v) is 5.00. The van der Waals surface area contributed by atoms with Gasteiger partial charge in [-0.1, -0.05) is 0 Å². The first-order valence-electron chi connectivity index (χ1n) is 9.22. The summed E-state index contributed by atoms with van der Waals surface area (Å²) >= 11 is 0. The smallest absolute Gasteiger partial charge is 0.257 e. The highest BCUT2D eigenvalue weighted by Crippen LogP contribution is 2.31. The van der Waals surface area contributed by atoms with E-state index in [1.165, 1.54) is 0 Å². The molecular formula is C18H30N4O3. The van der Waals surface area contributed by atoms with Crippen LogP contribution in [-0.4, -0.2) is 60.6 Å². The van der Waals surface area contributed by atoms with Gasteiger partial charge in [0.25, 0.3) is 5.56 Å². The number of rotatable bonds is 5. The van der Waals surface area contributed by atoms with Crippen LogP contribution in [-0.2, 0) is 16.0 Å². The van der Waals surface area contributed by atoms with E-state index in [2.05, 4.69) is 23.6 Å². The van der Waals surface area contributed by atoms with Crippen LogP contribution in [0.4, 0.5) is 11.8 Å². The summed E-state index contributed by atoms with van der Waals surface area (Å²) in [6, 6.07) is 1.66. The molecule has 1 saturated heterocycles. The molecule has 0 N–H and O–H groups in total. The predicted octanol–water partition coefficient (Wildman–Crippen LogP) is 1.49. The molecule has 0 atom stereocenters. The van der Waals surface area contributed by atoms with Crippen LogP contribution in [0.25, 0.3) is 0 Å². The van der Waals surface area contributed by atoms with Crippen molar-refractivity contribution in [2.45, 2.75) is 52.3 Å². The highest BCUT2D eigenvalue weighted by atomic mass is 16.5. The molecule has 0 radical (unpaired) electrons. The molecule has 0 saturated carbocycles. The van der Waals surface area contributed by atoms with Crippen LogP contribution in [0.1, 0.15) is 34.1 Å². The lowest BCUT2D eigenvalue weighted by molar-refractivity contribution is 0.0804. The summed E-state index contributed by atoms with van der Waals surface area (Å²) in [6.07, 6.45) is 1.11. The molecule has 3 rings (SSSR count). The molecule has 3 heterocycles. The van der Waals surface area contributed by atoms with E-state index >= 15 is 0 Å². The Morgan fingerprint density at radius 2 is 2.00 bits per heavy atom. The first-order chi connectivity index (χ1) is 11.9. The zero-order valence-electron chi connectivity index (χ0n) is 15.8. The Morgan fingerprint density at radius 1 is 1.28 bits per heavy atom. The lowest BCUT2D eigenvalue weighted by Crippen LogP contribution is -2.53. The van der Waals surface area contributed by atoms with Crippen molar-refractivity contribution >= 4 is 11.8 Å². The number of ether oxygens (including phenoxy) is 2. The number of aromatic nitrogens is 2. The normalized spacial score (nSPS) is 20.0. The number of anilines is 2. The fourth-order valence-electron chi connectivity index (χ4n) is 3.43. The van der Waals surface area contributed by atoms with Crippen molar-refractivity contribution in [1.29, 1.82) is 0 Å². The van der Waals surface area contributed by atoms with Gasteiger partial charge >= 0.3 is 0 Å². The molecule has 0 amide bonds. The third-order valence-electron chi connectivity index (χ3n) is 5.00. The summed E-state index contributed by atoms with van der Waals surface area (Å²) in [6.45, 7) is 13.4. The zero-order valence-corrected chi connectivity index (χ0v) is 15.8. The lowest BCUT2D eigenvalue weighted by Gasteiger charge is -2.44. The average molecular weight is 350 g/mol. The Kier molecular flexibility index (Phi) is 5.34. The molecular weight excluding hydrogens is 320 g/mol. The molecule has 0 aromatic carbocycles. The van der Waals surface area contributed by atoms with Gasteiger partial charge in [-0.25, -0.2) is 0 Å². The van der Waals surface area contributed by atoms with E-state index in [1.807, 2.05) is 13.8 Å². The van der Waals surface area contributed by atoms with Crippen molar-refractivity contribution in [1.82, 2.24) is 9.55 Å². The van der Waals surface area contributed by atoms with Gasteiger partial charge in [-0.3, -0.25) is 9.36 Å². The summed E-state index contributed by atoms with van der Waals surface area (Å²) < 4.78 is 13.0. The minimum Gasteiger partial charge on any atom is -0.378 e. The fourth-order valence-corrected chi connectivity index (χ4v) is 3.43. The maximum absolute atomic E-state index is 12.7. The molecule has 0 unspecified atom stereocenters. The number of nitrogens with zero attached hydrogens (tertiary/aromatic N) is 4. The van der Waals surface area contributed by atoms with Gasteiger partial charge < -0.3 is 19.3 Å². The molecule has 140 valence electrons. The van der Waals surface area contributed by atoms with Gasteiger partial charge in [0, 0.05) is 37.8 Å². The quantitative estimate of drug-likeness (QED) is 0.802. The van der Waals surface area contributed by atoms with Crippen molar-refractivity contribution in [3.05, 3.63) is 16.4 Å². The van der Waals surface area contributed by atoms with E-state index in [1.54, 1.807) is 10.6 Å². The number of fused-ring (bicyclic) bond motifs is 1. The van der Waals surface area contributed by atoms with Crippen LogP contribution in [0.3, 0.4) is 0 Å². The van der Waals surface area contributed by atoms with Gasteiger partial charge in [0.1, 0.15) is 5.82 Å². The van der Waals surface area contributed by atoms with E-state index in [4.69, 9.17) is 14.5 Å². The van der Waals surface area contributed by atoms with Crippen molar-refractivity contribution in [3.63, 3.8) is 0 Å². The van der Waals surface area contributed by atoms with Crippen LogP contribution in [0.5, 0.6) is 0 Å². The van der Waals surface area contributed by atoms with Crippen LogP contribution in [0.2, 0.25) is 0 Å². The lowest BCUT2D eigenvalue weighted by atomic mass is 9.96. The van der Waals surface area contributed by atoms with Gasteiger partial charge in [-0.15, -0.1) is 0 Å². The van der Waals surface area contributed by atoms with Gasteiger partial charge in [0.2, 0.25) is 5.95 Å². The maximum atomic E-state index is 12.7. The van der Waals surface area contributed by atoms with E-state index in [9.17, 15) is 4.79 Å². The van der Waals surface area contributed by atoms with Gasteiger partial charge in [0.05, 0.1) is 25.9 Å². The summed E-state index contributed by atoms with van der Waals surface area (Å²) in [5, 5.41) is 0. The molecule has 2 aliphatic heterocycles. The summed E-state index contributed by atoms with van der Waals surface area (Å²) in [7, 11) is 0. The van der Waals surface area contributed by atoms with Crippen LogP contribution >= 0.6 is 0 Å². The first kappa shape index (κ1) is 18.2. The molecule has 7 nitrogen and oxygen atoms in total. The van der Waals surface area contributed by atoms with Crippen molar-refractivity contribution in [3.8, 4) is 0 Å². The van der Waals surface area contributed by atoms with E-state index in [0.29, 0.717) is 26.4 Å². The Bertz CT molecular complexity index is 650. The van der Waals surface area contributed by atoms with Crippen molar-refractivity contribution < 1.29 is 9.47 Å². The molecule has 0 aliphatic carbocycles. The molecule has 2 aliphatic rings. The zero-order chi connectivity index (χ0) is 18.0.